The lowest BCUT2D eigenvalue weighted by molar-refractivity contribution is -0.126. The predicted octanol–water partition coefficient (Wildman–Crippen LogP) is 1.48. The van der Waals surface area contributed by atoms with E-state index in [1.807, 2.05) is 42.5 Å². The summed E-state index contributed by atoms with van der Waals surface area (Å²) in [4.78, 5) is 11.9. The van der Waals surface area contributed by atoms with E-state index < -0.39 is 6.10 Å². The maximum Gasteiger partial charge on any atom is 0.258 e. The summed E-state index contributed by atoms with van der Waals surface area (Å²) in [6.07, 6.45) is -0.0189. The molecule has 1 aliphatic rings. The molecule has 1 heterocycles. The molecule has 2 aromatic rings. The van der Waals surface area contributed by atoms with Crippen LogP contribution in [0.25, 0.3) is 10.8 Å². The summed E-state index contributed by atoms with van der Waals surface area (Å²) in [5.41, 5.74) is 0. The Hall–Kier alpha value is -2.11. The molecule has 0 spiro atoms. The molecule has 5 nitrogen and oxygen atoms in total. The number of aliphatic hydroxyl groups is 1. The van der Waals surface area contributed by atoms with E-state index in [9.17, 15) is 9.90 Å². The molecule has 0 aliphatic carbocycles. The monoisotopic (exact) mass is 301 g/mol. The Bertz CT molecular complexity index is 658. The second kappa shape index (κ2) is 6.77. The van der Waals surface area contributed by atoms with Crippen LogP contribution >= 0.6 is 0 Å². The Morgan fingerprint density at radius 3 is 2.91 bits per heavy atom. The normalized spacial score (nSPS) is 21.5. The van der Waals surface area contributed by atoms with Gasteiger partial charge >= 0.3 is 0 Å². The van der Waals surface area contributed by atoms with Crippen molar-refractivity contribution in [3.05, 3.63) is 42.5 Å². The second-order valence-electron chi connectivity index (χ2n) is 5.40. The number of hydrogen-bond donors (Lipinski definition) is 2. The summed E-state index contributed by atoms with van der Waals surface area (Å²) < 4.78 is 10.8. The average Bonchev–Trinajstić information content (AvgIpc) is 2.55. The van der Waals surface area contributed by atoms with Crippen molar-refractivity contribution in [1.82, 2.24) is 5.32 Å². The molecule has 116 valence electrons. The first kappa shape index (κ1) is 14.8. The van der Waals surface area contributed by atoms with Crippen molar-refractivity contribution in [2.24, 2.45) is 0 Å². The number of carbonyl (C=O) groups excluding carboxylic acids is 1. The molecular weight excluding hydrogens is 282 g/mol. The first-order chi connectivity index (χ1) is 10.7. The molecule has 1 amide bonds. The second-order valence-corrected chi connectivity index (χ2v) is 5.40. The van der Waals surface area contributed by atoms with Crippen LogP contribution < -0.4 is 10.1 Å². The van der Waals surface area contributed by atoms with Crippen LogP contribution in [0.1, 0.15) is 6.42 Å². The van der Waals surface area contributed by atoms with Crippen LogP contribution in [0.15, 0.2) is 42.5 Å². The highest BCUT2D eigenvalue weighted by molar-refractivity contribution is 5.84. The molecule has 0 bridgehead atoms. The Morgan fingerprint density at radius 2 is 2.09 bits per heavy atom. The SMILES string of the molecule is O=C(COc1ccc2ccccc2c1)N[C@@H]1COCC[C@H]1O. The van der Waals surface area contributed by atoms with Crippen LogP contribution in [0.5, 0.6) is 5.75 Å². The van der Waals surface area contributed by atoms with E-state index in [-0.39, 0.29) is 18.6 Å². The number of ether oxygens (including phenoxy) is 2. The van der Waals surface area contributed by atoms with Gasteiger partial charge in [-0.15, -0.1) is 0 Å². The third-order valence-electron chi connectivity index (χ3n) is 3.76. The molecule has 2 atom stereocenters. The summed E-state index contributed by atoms with van der Waals surface area (Å²) in [7, 11) is 0. The van der Waals surface area contributed by atoms with E-state index in [2.05, 4.69) is 5.32 Å². The number of amides is 1. The molecule has 0 radical (unpaired) electrons. The maximum absolute atomic E-state index is 11.9. The number of benzene rings is 2. The largest absolute Gasteiger partial charge is 0.484 e. The molecule has 0 unspecified atom stereocenters. The molecule has 2 aromatic carbocycles. The topological polar surface area (TPSA) is 67.8 Å². The van der Waals surface area contributed by atoms with Gasteiger partial charge in [0.25, 0.3) is 5.91 Å². The summed E-state index contributed by atoms with van der Waals surface area (Å²) in [5.74, 6) is 0.386. The van der Waals surface area contributed by atoms with Crippen molar-refractivity contribution in [3.63, 3.8) is 0 Å². The zero-order valence-electron chi connectivity index (χ0n) is 12.2. The quantitative estimate of drug-likeness (QED) is 0.898. The van der Waals surface area contributed by atoms with Crippen molar-refractivity contribution < 1.29 is 19.4 Å². The van der Waals surface area contributed by atoms with E-state index in [1.54, 1.807) is 0 Å². The highest BCUT2D eigenvalue weighted by Crippen LogP contribution is 2.20. The first-order valence-corrected chi connectivity index (χ1v) is 7.39. The highest BCUT2D eigenvalue weighted by Gasteiger charge is 2.25. The Labute approximate surface area is 128 Å². The predicted molar refractivity (Wildman–Crippen MR) is 82.8 cm³/mol. The summed E-state index contributed by atoms with van der Waals surface area (Å²) in [6, 6.07) is 13.3. The number of aliphatic hydroxyl groups excluding tert-OH is 1. The summed E-state index contributed by atoms with van der Waals surface area (Å²) in [5, 5.41) is 14.7. The minimum Gasteiger partial charge on any atom is -0.484 e. The van der Waals surface area contributed by atoms with Gasteiger partial charge < -0.3 is 19.9 Å². The van der Waals surface area contributed by atoms with E-state index in [0.717, 1.165) is 10.8 Å². The van der Waals surface area contributed by atoms with E-state index >= 15 is 0 Å². The molecule has 0 saturated carbocycles. The van der Waals surface area contributed by atoms with Crippen molar-refractivity contribution in [1.29, 1.82) is 0 Å². The van der Waals surface area contributed by atoms with Crippen molar-refractivity contribution >= 4 is 16.7 Å². The number of nitrogens with one attached hydrogen (secondary N) is 1. The van der Waals surface area contributed by atoms with Gasteiger partial charge in [0, 0.05) is 6.61 Å². The van der Waals surface area contributed by atoms with Gasteiger partial charge in [-0.3, -0.25) is 4.79 Å². The van der Waals surface area contributed by atoms with Crippen LogP contribution in [0, 0.1) is 0 Å². The fourth-order valence-electron chi connectivity index (χ4n) is 2.52. The third kappa shape index (κ3) is 3.55. The van der Waals surface area contributed by atoms with Gasteiger partial charge in [0.05, 0.1) is 18.8 Å². The van der Waals surface area contributed by atoms with Gasteiger partial charge in [-0.25, -0.2) is 0 Å². The fourth-order valence-corrected chi connectivity index (χ4v) is 2.52. The number of hydrogen-bond acceptors (Lipinski definition) is 4. The van der Waals surface area contributed by atoms with Gasteiger partial charge in [0.15, 0.2) is 6.61 Å². The Balaban J connectivity index is 1.55. The lowest BCUT2D eigenvalue weighted by atomic mass is 10.1. The molecule has 2 N–H and O–H groups in total. The zero-order chi connectivity index (χ0) is 15.4. The van der Waals surface area contributed by atoms with Gasteiger partial charge in [0.1, 0.15) is 5.75 Å². The van der Waals surface area contributed by atoms with Crippen LogP contribution in [-0.4, -0.2) is 43.0 Å². The van der Waals surface area contributed by atoms with Crippen LogP contribution in [0.4, 0.5) is 0 Å². The van der Waals surface area contributed by atoms with E-state index in [4.69, 9.17) is 9.47 Å². The minimum atomic E-state index is -0.557. The Morgan fingerprint density at radius 1 is 1.27 bits per heavy atom. The lowest BCUT2D eigenvalue weighted by Crippen LogP contribution is -2.50. The smallest absolute Gasteiger partial charge is 0.258 e. The molecule has 5 heteroatoms. The van der Waals surface area contributed by atoms with Crippen LogP contribution in [0.3, 0.4) is 0 Å². The van der Waals surface area contributed by atoms with Crippen LogP contribution in [-0.2, 0) is 9.53 Å². The average molecular weight is 301 g/mol. The standard InChI is InChI=1S/C17H19NO4/c19-16-7-8-21-10-15(16)18-17(20)11-22-14-6-5-12-3-1-2-4-13(12)9-14/h1-6,9,15-16,19H,7-8,10-11H2,(H,18,20)/t15-,16-/m1/s1. The molecule has 1 fully saturated rings. The number of carbonyl (C=O) groups is 1. The zero-order valence-corrected chi connectivity index (χ0v) is 12.2. The van der Waals surface area contributed by atoms with Gasteiger partial charge in [-0.1, -0.05) is 30.3 Å². The molecule has 1 saturated heterocycles. The Kier molecular flexibility index (Phi) is 4.56. The fraction of sp³-hybridized carbons (Fsp3) is 0.353. The molecule has 3 rings (SSSR count). The van der Waals surface area contributed by atoms with Crippen molar-refractivity contribution in [2.45, 2.75) is 18.6 Å². The molecule has 22 heavy (non-hydrogen) atoms. The number of rotatable bonds is 4. The molecule has 1 aliphatic heterocycles. The van der Waals surface area contributed by atoms with Gasteiger partial charge in [0.2, 0.25) is 0 Å². The molecule has 0 aromatic heterocycles. The maximum atomic E-state index is 11.9. The van der Waals surface area contributed by atoms with Crippen molar-refractivity contribution in [3.8, 4) is 5.75 Å². The first-order valence-electron chi connectivity index (χ1n) is 7.39. The van der Waals surface area contributed by atoms with E-state index in [1.165, 1.54) is 0 Å². The van der Waals surface area contributed by atoms with Crippen LogP contribution in [0.2, 0.25) is 0 Å². The van der Waals surface area contributed by atoms with Gasteiger partial charge in [-0.05, 0) is 29.3 Å². The lowest BCUT2D eigenvalue weighted by Gasteiger charge is -2.28. The number of fused-ring (bicyclic) bond motifs is 1. The highest BCUT2D eigenvalue weighted by atomic mass is 16.5. The van der Waals surface area contributed by atoms with Gasteiger partial charge in [-0.2, -0.15) is 0 Å². The minimum absolute atomic E-state index is 0.0818. The van der Waals surface area contributed by atoms with Crippen molar-refractivity contribution in [2.75, 3.05) is 19.8 Å². The molecular formula is C17H19NO4. The van der Waals surface area contributed by atoms with E-state index in [0.29, 0.717) is 25.4 Å². The summed E-state index contributed by atoms with van der Waals surface area (Å²) in [6.45, 7) is 0.783. The third-order valence-corrected chi connectivity index (χ3v) is 3.76. The summed E-state index contributed by atoms with van der Waals surface area (Å²) >= 11 is 0.